The molecule has 0 spiro atoms. The average Bonchev–Trinajstić information content (AvgIpc) is 3.15. The fraction of sp³-hybridized carbons (Fsp3) is 0.530. The zero-order valence-electron chi connectivity index (χ0n) is 52.0. The number of rotatable bonds is 48. The van der Waals surface area contributed by atoms with Gasteiger partial charge in [0.25, 0.3) is 0 Å². The summed E-state index contributed by atoms with van der Waals surface area (Å²) in [5.41, 5.74) is 9.66. The number of anilines is 5. The smallest absolute Gasteiger partial charge is 0.150 e. The van der Waals surface area contributed by atoms with Crippen molar-refractivity contribution in [3.8, 4) is 0 Å². The van der Waals surface area contributed by atoms with E-state index >= 15 is 0 Å². The number of hydrogen-bond acceptors (Lipinski definition) is 21. The van der Waals surface area contributed by atoms with Gasteiger partial charge >= 0.3 is 0 Å². The van der Waals surface area contributed by atoms with E-state index in [4.69, 9.17) is 63.1 Å². The maximum atomic E-state index is 10.3. The predicted molar refractivity (Wildman–Crippen MR) is 344 cm³/mol. The van der Waals surface area contributed by atoms with Crippen LogP contribution >= 0.6 is 0 Å². The fourth-order valence-corrected chi connectivity index (χ4v) is 8.61. The second-order valence-electron chi connectivity index (χ2n) is 19.9. The minimum atomic E-state index is -0.0171. The van der Waals surface area contributed by atoms with Crippen molar-refractivity contribution in [3.63, 3.8) is 0 Å². The van der Waals surface area contributed by atoms with Gasteiger partial charge in [-0.25, -0.2) is 0 Å². The van der Waals surface area contributed by atoms with Crippen molar-refractivity contribution < 1.29 is 78.1 Å². The van der Waals surface area contributed by atoms with Crippen LogP contribution in [0, 0.1) is 0 Å². The molecule has 6 N–H and O–H groups in total. The van der Waals surface area contributed by atoms with E-state index in [0.717, 1.165) is 64.5 Å². The van der Waals surface area contributed by atoms with Gasteiger partial charge in [0.2, 0.25) is 0 Å². The first-order chi connectivity index (χ1) is 42.6. The zero-order valence-corrected chi connectivity index (χ0v) is 52.0. The lowest BCUT2D eigenvalue weighted by atomic mass is 9.85. The summed E-state index contributed by atoms with van der Waals surface area (Å²) in [5.74, 6) is -0.0171. The summed E-state index contributed by atoms with van der Waals surface area (Å²) < 4.78 is 49.4. The molecule has 87 heavy (non-hydrogen) atoms. The van der Waals surface area contributed by atoms with Gasteiger partial charge in [-0.3, -0.25) is 4.79 Å². The lowest BCUT2D eigenvalue weighted by Crippen LogP contribution is -2.31. The molecule has 0 aliphatic carbocycles. The number of nitrogens with zero attached hydrogens (tertiary/aromatic N) is 5. The molecule has 0 fully saturated rings. The molecule has 0 unspecified atom stereocenters. The molecule has 0 radical (unpaired) electrons. The van der Waals surface area contributed by atoms with Crippen LogP contribution < -0.4 is 24.5 Å². The Bertz CT molecular complexity index is 2280. The van der Waals surface area contributed by atoms with Gasteiger partial charge in [-0.1, -0.05) is 54.6 Å². The molecule has 5 aromatic rings. The van der Waals surface area contributed by atoms with E-state index in [1.165, 1.54) is 5.56 Å². The molecule has 0 saturated carbocycles. The molecule has 0 atom stereocenters. The Kier molecular flexibility index (Phi) is 43.4. The van der Waals surface area contributed by atoms with Crippen LogP contribution in [-0.2, 0) is 42.6 Å². The highest BCUT2D eigenvalue weighted by atomic mass is 16.5. The highest BCUT2D eigenvalue weighted by Crippen LogP contribution is 2.35. The largest absolute Gasteiger partial charge is 0.394 e. The minimum absolute atomic E-state index is 0.00677. The first-order valence-electron chi connectivity index (χ1n) is 30.0. The highest BCUT2D eigenvalue weighted by molar-refractivity contribution is 5.75. The van der Waals surface area contributed by atoms with E-state index in [9.17, 15) is 15.0 Å². The number of para-hydroxylation sites is 1. The molecule has 0 saturated heterocycles. The Morgan fingerprint density at radius 2 is 0.529 bits per heavy atom. The topological polar surface area (TPSA) is 238 Å². The van der Waals surface area contributed by atoms with Crippen molar-refractivity contribution in [2.45, 2.75) is 5.92 Å². The molecule has 0 aliphatic heterocycles. The van der Waals surface area contributed by atoms with Gasteiger partial charge in [-0.2, -0.15) is 0 Å². The van der Waals surface area contributed by atoms with Crippen LogP contribution in [0.4, 0.5) is 28.4 Å². The van der Waals surface area contributed by atoms with Crippen LogP contribution in [0.2, 0.25) is 0 Å². The molecule has 0 amide bonds. The van der Waals surface area contributed by atoms with Crippen molar-refractivity contribution in [2.24, 2.45) is 0 Å². The minimum Gasteiger partial charge on any atom is -0.394 e. The molecule has 0 aromatic heterocycles. The molecule has 486 valence electrons. The van der Waals surface area contributed by atoms with Crippen LogP contribution in [0.15, 0.2) is 127 Å². The zero-order chi connectivity index (χ0) is 62.8. The van der Waals surface area contributed by atoms with E-state index < -0.39 is 0 Å². The number of hydrogen-bond donors (Lipinski definition) is 6. The standard InChI is InChI=1S/C41H63N3O10.C16H27NO5.C9H11NO/c1-42(2)38-9-3-35(4-10-38)41(36-5-11-39(12-6-36)43(15-23-49-27-19-45)17-25-51-31-33-53-29-21-47)37-7-13-40(14-8-37)44(16-24-50-28-20-46)18-26-52-32-34-54-30-22-48;18-8-12-20-10-6-17(16-4-2-1-3-5-16)7-11-21-14-15-22-13-9-19;1-10(2)9-5-3-8(7-11)4-6-9/h3-14,41,45-48H,15-34H2,1-2H3;1-5,18-19H,6-15H2;3-7H,1-2H3. The van der Waals surface area contributed by atoms with Crippen molar-refractivity contribution in [3.05, 3.63) is 150 Å². The first-order valence-corrected chi connectivity index (χ1v) is 30.0. The van der Waals surface area contributed by atoms with Crippen molar-refractivity contribution in [2.75, 3.05) is 251 Å². The van der Waals surface area contributed by atoms with Gasteiger partial charge in [0.1, 0.15) is 6.29 Å². The summed E-state index contributed by atoms with van der Waals surface area (Å²) in [5, 5.41) is 53.5. The first kappa shape index (κ1) is 75.4. The molecule has 21 nitrogen and oxygen atoms in total. The van der Waals surface area contributed by atoms with Crippen molar-refractivity contribution in [1.29, 1.82) is 0 Å². The Morgan fingerprint density at radius 3 is 0.782 bits per heavy atom. The number of carbonyl (C=O) groups is 1. The third-order valence-corrected chi connectivity index (χ3v) is 13.2. The third-order valence-electron chi connectivity index (χ3n) is 13.2. The van der Waals surface area contributed by atoms with E-state index in [0.29, 0.717) is 145 Å². The Morgan fingerprint density at radius 1 is 0.299 bits per heavy atom. The summed E-state index contributed by atoms with van der Waals surface area (Å²) in [4.78, 5) is 21.0. The van der Waals surface area contributed by atoms with Crippen LogP contribution in [0.5, 0.6) is 0 Å². The van der Waals surface area contributed by atoms with Crippen LogP contribution in [0.1, 0.15) is 33.0 Å². The van der Waals surface area contributed by atoms with Gasteiger partial charge in [0.15, 0.2) is 0 Å². The van der Waals surface area contributed by atoms with Gasteiger partial charge in [-0.15, -0.1) is 0 Å². The summed E-state index contributed by atoms with van der Waals surface area (Å²) in [7, 11) is 8.01. The van der Waals surface area contributed by atoms with Crippen LogP contribution in [0.3, 0.4) is 0 Å². The number of aldehydes is 1. The fourth-order valence-electron chi connectivity index (χ4n) is 8.61. The van der Waals surface area contributed by atoms with Gasteiger partial charge in [0.05, 0.1) is 159 Å². The highest BCUT2D eigenvalue weighted by Gasteiger charge is 2.19. The SMILES string of the molecule is CN(C)c1ccc(C(c2ccc(N(CCOCCO)CCOCCOCCO)cc2)c2ccc(N(CCOCCO)CCOCCOCCO)cc2)cc1.CN(C)c1ccc(C=O)cc1.OCCOCCOCCN(CCOCCO)c1ccccc1. The monoisotopic (exact) mass is 1220 g/mol. The quantitative estimate of drug-likeness (QED) is 0.0176. The van der Waals surface area contributed by atoms with E-state index in [-0.39, 0.29) is 45.6 Å². The number of aliphatic hydroxyl groups excluding tert-OH is 6. The normalized spacial score (nSPS) is 11.0. The van der Waals surface area contributed by atoms with Crippen molar-refractivity contribution >= 4 is 34.7 Å². The van der Waals surface area contributed by atoms with Gasteiger partial charge < -0.3 is 97.8 Å². The summed E-state index contributed by atoms with van der Waals surface area (Å²) in [6.45, 7) is 11.9. The second-order valence-corrected chi connectivity index (χ2v) is 19.9. The third kappa shape index (κ3) is 33.4. The van der Waals surface area contributed by atoms with Crippen LogP contribution in [-0.4, -0.2) is 263 Å². The van der Waals surface area contributed by atoms with Crippen LogP contribution in [0.25, 0.3) is 0 Å². The maximum absolute atomic E-state index is 10.3. The summed E-state index contributed by atoms with van der Waals surface area (Å²) in [6, 6.07) is 43.6. The van der Waals surface area contributed by atoms with E-state index in [1.54, 1.807) is 0 Å². The lowest BCUT2D eigenvalue weighted by Gasteiger charge is -2.27. The maximum Gasteiger partial charge on any atom is 0.150 e. The molecule has 0 heterocycles. The average molecular weight is 1220 g/mol. The lowest BCUT2D eigenvalue weighted by molar-refractivity contribution is 0.0347. The number of aliphatic hydroxyl groups is 6. The Hall–Kier alpha value is -5.83. The van der Waals surface area contributed by atoms with E-state index in [2.05, 4.69) is 105 Å². The molecule has 0 aliphatic rings. The molecule has 21 heteroatoms. The number of benzene rings is 5. The predicted octanol–water partition coefficient (Wildman–Crippen LogP) is 4.71. The Balaban J connectivity index is 0.000000485. The van der Waals surface area contributed by atoms with E-state index in [1.807, 2.05) is 75.6 Å². The van der Waals surface area contributed by atoms with Gasteiger partial charge in [-0.05, 0) is 89.5 Å². The Labute approximate surface area is 517 Å². The summed E-state index contributed by atoms with van der Waals surface area (Å²) in [6.07, 6.45) is 0.847. The molecular formula is C66H101N5O16. The summed E-state index contributed by atoms with van der Waals surface area (Å²) >= 11 is 0. The van der Waals surface area contributed by atoms with Crippen molar-refractivity contribution in [1.82, 2.24) is 0 Å². The number of ether oxygens (including phenoxy) is 9. The molecule has 5 rings (SSSR count). The molecule has 0 bridgehead atoms. The molecular weight excluding hydrogens is 1120 g/mol. The second kappa shape index (κ2) is 50.1. The molecule has 5 aromatic carbocycles. The number of carbonyl (C=O) groups excluding carboxylic acids is 1. The van der Waals surface area contributed by atoms with Gasteiger partial charge in [0, 0.05) is 107 Å².